The van der Waals surface area contributed by atoms with Gasteiger partial charge in [-0.15, -0.1) is 0 Å². The Labute approximate surface area is 52.8 Å². The minimum absolute atomic E-state index is 0.417. The smallest absolute Gasteiger partial charge is 0.316 e. The van der Waals surface area contributed by atoms with E-state index in [1.807, 2.05) is 0 Å². The summed E-state index contributed by atoms with van der Waals surface area (Å²) < 4.78 is -0.417. The van der Waals surface area contributed by atoms with Gasteiger partial charge in [0, 0.05) is 6.08 Å². The molecule has 1 rings (SSSR count). The van der Waals surface area contributed by atoms with Gasteiger partial charge >= 0.3 is 6.03 Å². The van der Waals surface area contributed by atoms with Crippen LogP contribution in [0.2, 0.25) is 0 Å². The second-order valence-corrected chi connectivity index (χ2v) is 1.77. The predicted molar refractivity (Wildman–Crippen MR) is 32.8 cm³/mol. The van der Waals surface area contributed by atoms with Crippen molar-refractivity contribution in [2.45, 2.75) is 0 Å². The molecule has 1 atom stereocenters. The van der Waals surface area contributed by atoms with Gasteiger partial charge in [0.25, 0.3) is 0 Å². The van der Waals surface area contributed by atoms with Crippen LogP contribution in [0.4, 0.5) is 4.79 Å². The van der Waals surface area contributed by atoms with E-state index >= 15 is 0 Å². The number of primary amides is 1. The maximum Gasteiger partial charge on any atom is 0.445 e. The molecule has 0 aromatic carbocycles. The molecular weight excluding hydrogens is 118 g/mol. The monoisotopic (exact) mass is 125 g/mol. The highest BCUT2D eigenvalue weighted by molar-refractivity contribution is 5.75. The lowest BCUT2D eigenvalue weighted by molar-refractivity contribution is -0.751. The Morgan fingerprint density at radius 1 is 1.78 bits per heavy atom. The second-order valence-electron chi connectivity index (χ2n) is 1.77. The van der Waals surface area contributed by atoms with Crippen molar-refractivity contribution in [2.24, 2.45) is 10.8 Å². The first-order valence-electron chi connectivity index (χ1n) is 2.42. The number of amides is 2. The molecule has 9 heavy (non-hydrogen) atoms. The third kappa shape index (κ3) is 0.837. The van der Waals surface area contributed by atoms with Crippen molar-refractivity contribution in [1.29, 1.82) is 0 Å². The predicted octanol–water partition coefficient (Wildman–Crippen LogP) is 0.187. The first-order valence-corrected chi connectivity index (χ1v) is 2.42. The Hall–Kier alpha value is -1.16. The molecule has 0 aromatic heterocycles. The molecule has 1 radical (unpaired) electrons. The zero-order valence-electron chi connectivity index (χ0n) is 4.82. The number of carbonyl (C=O) groups is 1. The van der Waals surface area contributed by atoms with E-state index in [2.05, 4.69) is 12.1 Å². The van der Waals surface area contributed by atoms with E-state index in [0.29, 0.717) is 0 Å². The van der Waals surface area contributed by atoms with E-state index in [1.165, 1.54) is 12.4 Å². The van der Waals surface area contributed by atoms with Crippen LogP contribution in [0.15, 0.2) is 17.4 Å². The molecule has 0 saturated carbocycles. The fourth-order valence-corrected chi connectivity index (χ4v) is 0.507. The zero-order chi connectivity index (χ0) is 6.91. The zero-order valence-corrected chi connectivity index (χ0v) is 4.82. The minimum atomic E-state index is -0.583. The fraction of sp³-hybridized carbons (Fsp3) is 0. The van der Waals surface area contributed by atoms with Crippen molar-refractivity contribution in [2.75, 3.05) is 0 Å². The highest BCUT2D eigenvalue weighted by Crippen LogP contribution is 2.09. The van der Waals surface area contributed by atoms with Crippen molar-refractivity contribution in [3.63, 3.8) is 0 Å². The largest absolute Gasteiger partial charge is 0.445 e. The molecule has 0 aromatic rings. The summed E-state index contributed by atoms with van der Waals surface area (Å²) in [6.45, 7) is 0. The average molecular weight is 125 g/mol. The Balaban J connectivity index is 2.88. The molecule has 2 amide bonds. The average Bonchev–Trinajstić information content (AvgIpc) is 2.16. The van der Waals surface area contributed by atoms with Gasteiger partial charge in [0.15, 0.2) is 7.05 Å². The highest BCUT2D eigenvalue weighted by atomic mass is 16.2. The van der Waals surface area contributed by atoms with Crippen molar-refractivity contribution < 1.29 is 9.39 Å². The third-order valence-electron chi connectivity index (χ3n) is 1.07. The third-order valence-corrected chi connectivity index (χ3v) is 1.07. The molecule has 0 aliphatic carbocycles. The molecule has 1 aliphatic heterocycles. The molecule has 1 heterocycles. The second kappa shape index (κ2) is 1.66. The van der Waals surface area contributed by atoms with E-state index in [-0.39, 0.29) is 0 Å². The SMILES string of the molecule is [CH2][N+]1(C(N)=O)C=CC=N1. The molecule has 2 N–H and O–H groups in total. The lowest BCUT2D eigenvalue weighted by atomic mass is 10.6. The lowest BCUT2D eigenvalue weighted by Gasteiger charge is -2.11. The van der Waals surface area contributed by atoms with Crippen LogP contribution in [0.5, 0.6) is 0 Å². The van der Waals surface area contributed by atoms with Crippen LogP contribution in [0.3, 0.4) is 0 Å². The molecule has 1 aliphatic rings. The van der Waals surface area contributed by atoms with Gasteiger partial charge in [-0.1, -0.05) is 9.69 Å². The number of urea groups is 1. The quantitative estimate of drug-likeness (QED) is 0.461. The van der Waals surface area contributed by atoms with Gasteiger partial charge in [-0.05, 0) is 0 Å². The molecule has 0 spiro atoms. The van der Waals surface area contributed by atoms with Gasteiger partial charge in [0.05, 0.1) is 6.21 Å². The first kappa shape index (κ1) is 5.97. The summed E-state index contributed by atoms with van der Waals surface area (Å²) in [5, 5.41) is 3.68. The molecule has 0 fully saturated rings. The van der Waals surface area contributed by atoms with Crippen LogP contribution in [-0.4, -0.2) is 16.8 Å². The molecule has 4 nitrogen and oxygen atoms in total. The summed E-state index contributed by atoms with van der Waals surface area (Å²) in [6, 6.07) is -0.583. The number of hydrogen-bond acceptors (Lipinski definition) is 2. The number of carbonyl (C=O) groups excluding carboxylic acids is 1. The van der Waals surface area contributed by atoms with Gasteiger partial charge in [-0.3, -0.25) is 0 Å². The summed E-state index contributed by atoms with van der Waals surface area (Å²) in [4.78, 5) is 10.5. The van der Waals surface area contributed by atoms with Gasteiger partial charge in [0.2, 0.25) is 0 Å². The maximum absolute atomic E-state index is 10.5. The first-order chi connectivity index (χ1) is 4.15. The van der Waals surface area contributed by atoms with Crippen LogP contribution < -0.4 is 5.73 Å². The number of hydrogen-bond donors (Lipinski definition) is 1. The Kier molecular flexibility index (Phi) is 1.10. The maximum atomic E-state index is 10.5. The van der Waals surface area contributed by atoms with Gasteiger partial charge in [-0.2, -0.15) is 0 Å². The van der Waals surface area contributed by atoms with Gasteiger partial charge in [0.1, 0.15) is 6.20 Å². The number of allylic oxidation sites excluding steroid dienone is 1. The van der Waals surface area contributed by atoms with E-state index in [9.17, 15) is 4.79 Å². The minimum Gasteiger partial charge on any atom is -0.316 e. The summed E-state index contributed by atoms with van der Waals surface area (Å²) >= 11 is 0. The van der Waals surface area contributed by atoms with Crippen molar-refractivity contribution in [3.8, 4) is 0 Å². The van der Waals surface area contributed by atoms with Crippen LogP contribution in [0.1, 0.15) is 0 Å². The van der Waals surface area contributed by atoms with E-state index in [0.717, 1.165) is 0 Å². The van der Waals surface area contributed by atoms with Gasteiger partial charge in [-0.25, -0.2) is 4.79 Å². The van der Waals surface area contributed by atoms with Crippen molar-refractivity contribution in [3.05, 3.63) is 19.3 Å². The summed E-state index contributed by atoms with van der Waals surface area (Å²) in [5.74, 6) is 0. The number of nitrogens with two attached hydrogens (primary N) is 1. The fourth-order valence-electron chi connectivity index (χ4n) is 0.507. The summed E-state index contributed by atoms with van der Waals surface area (Å²) in [5.41, 5.74) is 4.94. The Bertz CT molecular complexity index is 182. The van der Waals surface area contributed by atoms with Crippen molar-refractivity contribution in [1.82, 2.24) is 0 Å². The van der Waals surface area contributed by atoms with Crippen LogP contribution in [0, 0.1) is 7.05 Å². The van der Waals surface area contributed by atoms with Crippen LogP contribution in [0.25, 0.3) is 0 Å². The van der Waals surface area contributed by atoms with Gasteiger partial charge < -0.3 is 5.73 Å². The molecule has 1 unspecified atom stereocenters. The number of nitrogens with zero attached hydrogens (tertiary/aromatic N) is 2. The molecule has 47 valence electrons. The standard InChI is InChI=1S/C5H7N3O/c1-8(5(6)9)4-2-3-7-8/h2-4H,1H2,(H2,6,9)/q+1. The lowest BCUT2D eigenvalue weighted by Crippen LogP contribution is -2.39. The number of rotatable bonds is 0. The molecule has 0 bridgehead atoms. The number of quaternary nitrogens is 1. The Morgan fingerprint density at radius 2 is 2.44 bits per heavy atom. The normalized spacial score (nSPS) is 31.2. The topological polar surface area (TPSA) is 55.5 Å². The van der Waals surface area contributed by atoms with E-state index in [1.54, 1.807) is 6.08 Å². The summed E-state index contributed by atoms with van der Waals surface area (Å²) in [6.07, 6.45) is 4.61. The van der Waals surface area contributed by atoms with E-state index < -0.39 is 10.6 Å². The Morgan fingerprint density at radius 3 is 2.67 bits per heavy atom. The van der Waals surface area contributed by atoms with Crippen LogP contribution >= 0.6 is 0 Å². The molecule has 0 saturated heterocycles. The molecule has 4 heteroatoms. The summed E-state index contributed by atoms with van der Waals surface area (Å²) in [7, 11) is 3.45. The van der Waals surface area contributed by atoms with Crippen molar-refractivity contribution >= 4 is 12.2 Å². The van der Waals surface area contributed by atoms with Crippen LogP contribution in [-0.2, 0) is 0 Å². The molecular formula is C5H7N3O+. The highest BCUT2D eigenvalue weighted by Gasteiger charge is 2.28. The van der Waals surface area contributed by atoms with E-state index in [4.69, 9.17) is 5.73 Å².